The van der Waals surface area contributed by atoms with Gasteiger partial charge < -0.3 is 10.2 Å². The molecule has 4 rings (SSSR count). The zero-order valence-electron chi connectivity index (χ0n) is 20.2. The molecule has 1 aliphatic rings. The van der Waals surface area contributed by atoms with Crippen molar-refractivity contribution in [1.29, 1.82) is 0 Å². The minimum Gasteiger partial charge on any atom is -0.372 e. The van der Waals surface area contributed by atoms with E-state index < -0.39 is 12.1 Å². The van der Waals surface area contributed by atoms with E-state index in [0.717, 1.165) is 35.5 Å². The van der Waals surface area contributed by atoms with Crippen LogP contribution in [0.2, 0.25) is 5.02 Å². The van der Waals surface area contributed by atoms with Gasteiger partial charge in [-0.05, 0) is 69.3 Å². The Bertz CT molecular complexity index is 1230. The SMILES string of the molecule is CCN(CC)c1ccc(/C=[N+]2\NC(=O)[C@H](NC(=O)c3cccc(C)c3)[C@@H]2c2ccc(Cl)cc2)cc1. The summed E-state index contributed by atoms with van der Waals surface area (Å²) in [4.78, 5) is 28.3. The van der Waals surface area contributed by atoms with Gasteiger partial charge in [-0.25, -0.2) is 0 Å². The van der Waals surface area contributed by atoms with E-state index >= 15 is 0 Å². The Morgan fingerprint density at radius 1 is 1.06 bits per heavy atom. The summed E-state index contributed by atoms with van der Waals surface area (Å²) in [6.07, 6.45) is 1.89. The summed E-state index contributed by atoms with van der Waals surface area (Å²) < 4.78 is 1.76. The first kappa shape index (κ1) is 24.5. The number of hydrazine groups is 1. The van der Waals surface area contributed by atoms with Gasteiger partial charge in [0, 0.05) is 40.5 Å². The van der Waals surface area contributed by atoms with Crippen LogP contribution >= 0.6 is 11.6 Å². The molecule has 7 heteroatoms. The number of aryl methyl sites for hydroxylation is 1. The van der Waals surface area contributed by atoms with Crippen molar-refractivity contribution in [2.24, 2.45) is 0 Å². The van der Waals surface area contributed by atoms with Crippen molar-refractivity contribution in [2.75, 3.05) is 18.0 Å². The first-order valence-corrected chi connectivity index (χ1v) is 12.2. The van der Waals surface area contributed by atoms with Gasteiger partial charge in [0.1, 0.15) is 0 Å². The average molecular weight is 490 g/mol. The highest BCUT2D eigenvalue weighted by Gasteiger charge is 2.47. The second-order valence-corrected chi connectivity index (χ2v) is 9.03. The molecule has 0 saturated carbocycles. The van der Waals surface area contributed by atoms with Crippen LogP contribution in [0, 0.1) is 6.92 Å². The molecule has 1 saturated heterocycles. The summed E-state index contributed by atoms with van der Waals surface area (Å²) in [7, 11) is 0. The summed E-state index contributed by atoms with van der Waals surface area (Å²) in [6.45, 7) is 8.06. The predicted octanol–water partition coefficient (Wildman–Crippen LogP) is 4.51. The number of carbonyl (C=O) groups excluding carboxylic acids is 2. The van der Waals surface area contributed by atoms with Crippen LogP contribution in [0.4, 0.5) is 5.69 Å². The van der Waals surface area contributed by atoms with E-state index in [-0.39, 0.29) is 11.8 Å². The number of hydrazone groups is 1. The number of nitrogens with one attached hydrogen (secondary N) is 2. The predicted molar refractivity (Wildman–Crippen MR) is 140 cm³/mol. The van der Waals surface area contributed by atoms with Crippen LogP contribution in [0.15, 0.2) is 72.8 Å². The topological polar surface area (TPSA) is 64.5 Å². The molecular formula is C28H30ClN4O2+. The van der Waals surface area contributed by atoms with Gasteiger partial charge in [-0.2, -0.15) is 0 Å². The van der Waals surface area contributed by atoms with Crippen LogP contribution in [0.1, 0.15) is 46.9 Å². The standard InChI is InChI=1S/C28H29ClN4O2/c1-4-32(5-2)24-15-9-20(10-16-24)18-33-26(21-11-13-23(29)14-12-21)25(28(35)31-33)30-27(34)22-8-6-7-19(3)17-22/h6-18,25-26H,4-5H2,1-3H3,(H-,30,31,34,35)/p+1/t25-,26+/m1/s1. The number of amides is 2. The maximum Gasteiger partial charge on any atom is 0.304 e. The Labute approximate surface area is 211 Å². The second-order valence-electron chi connectivity index (χ2n) is 8.59. The first-order chi connectivity index (χ1) is 16.9. The summed E-state index contributed by atoms with van der Waals surface area (Å²) in [6, 6.07) is 21.6. The molecule has 1 heterocycles. The normalized spacial score (nSPS) is 18.4. The van der Waals surface area contributed by atoms with E-state index in [4.69, 9.17) is 11.6 Å². The van der Waals surface area contributed by atoms with Gasteiger partial charge in [-0.3, -0.25) is 9.59 Å². The van der Waals surface area contributed by atoms with E-state index in [1.165, 1.54) is 0 Å². The van der Waals surface area contributed by atoms with Crippen LogP contribution in [-0.2, 0) is 4.79 Å². The molecule has 2 N–H and O–H groups in total. The van der Waals surface area contributed by atoms with Gasteiger partial charge in [-0.15, -0.1) is 10.1 Å². The maximum atomic E-state index is 13.1. The van der Waals surface area contributed by atoms with Crippen molar-refractivity contribution in [3.05, 3.63) is 100 Å². The number of hydrogen-bond acceptors (Lipinski definition) is 3. The van der Waals surface area contributed by atoms with Gasteiger partial charge in [-0.1, -0.05) is 41.4 Å². The van der Waals surface area contributed by atoms with Gasteiger partial charge in [0.2, 0.25) is 12.3 Å². The number of nitrogens with zero attached hydrogens (tertiary/aromatic N) is 2. The van der Waals surface area contributed by atoms with Crippen molar-refractivity contribution in [2.45, 2.75) is 32.9 Å². The summed E-state index contributed by atoms with van der Waals surface area (Å²) >= 11 is 6.12. The van der Waals surface area contributed by atoms with E-state index in [0.29, 0.717) is 10.6 Å². The molecule has 0 spiro atoms. The average Bonchev–Trinajstić information content (AvgIpc) is 3.15. The van der Waals surface area contributed by atoms with Gasteiger partial charge in [0.15, 0.2) is 6.04 Å². The van der Waals surface area contributed by atoms with Crippen LogP contribution in [0.25, 0.3) is 0 Å². The highest BCUT2D eigenvalue weighted by molar-refractivity contribution is 6.30. The van der Waals surface area contributed by atoms with E-state index in [9.17, 15) is 9.59 Å². The maximum absolute atomic E-state index is 13.1. The number of carbonyl (C=O) groups is 2. The van der Waals surface area contributed by atoms with E-state index in [2.05, 4.69) is 41.6 Å². The fourth-order valence-electron chi connectivity index (χ4n) is 4.37. The van der Waals surface area contributed by atoms with Crippen LogP contribution in [-0.4, -0.2) is 41.8 Å². The highest BCUT2D eigenvalue weighted by atomic mass is 35.5. The third kappa shape index (κ3) is 5.54. The molecule has 6 nitrogen and oxygen atoms in total. The molecule has 2 amide bonds. The molecule has 0 aromatic heterocycles. The van der Waals surface area contributed by atoms with Crippen LogP contribution in [0.3, 0.4) is 0 Å². The van der Waals surface area contributed by atoms with Crippen LogP contribution in [0.5, 0.6) is 0 Å². The summed E-state index contributed by atoms with van der Waals surface area (Å²) in [5.41, 5.74) is 7.36. The van der Waals surface area contributed by atoms with E-state index in [1.807, 2.05) is 49.5 Å². The largest absolute Gasteiger partial charge is 0.372 e. The number of halogens is 1. The lowest BCUT2D eigenvalue weighted by Crippen LogP contribution is -2.42. The number of rotatable bonds is 7. The Morgan fingerprint density at radius 2 is 1.74 bits per heavy atom. The fourth-order valence-corrected chi connectivity index (χ4v) is 4.50. The van der Waals surface area contributed by atoms with Gasteiger partial charge in [0.05, 0.1) is 0 Å². The fraction of sp³-hybridized carbons (Fsp3) is 0.250. The van der Waals surface area contributed by atoms with Crippen molar-refractivity contribution in [3.8, 4) is 0 Å². The quantitative estimate of drug-likeness (QED) is 0.480. The molecule has 0 bridgehead atoms. The molecule has 1 fully saturated rings. The number of hydrogen-bond donors (Lipinski definition) is 2. The molecule has 3 aromatic rings. The zero-order valence-corrected chi connectivity index (χ0v) is 20.9. The first-order valence-electron chi connectivity index (χ1n) is 11.8. The van der Waals surface area contributed by atoms with Crippen molar-refractivity contribution < 1.29 is 14.3 Å². The van der Waals surface area contributed by atoms with E-state index in [1.54, 1.807) is 28.9 Å². The van der Waals surface area contributed by atoms with Crippen molar-refractivity contribution >= 4 is 35.3 Å². The van der Waals surface area contributed by atoms with Crippen molar-refractivity contribution in [1.82, 2.24) is 10.7 Å². The minimum absolute atomic E-state index is 0.276. The number of anilines is 1. The Hall–Kier alpha value is -3.64. The molecule has 0 unspecified atom stereocenters. The monoisotopic (exact) mass is 489 g/mol. The molecule has 3 aromatic carbocycles. The molecule has 0 radical (unpaired) electrons. The molecule has 0 aliphatic carbocycles. The third-order valence-electron chi connectivity index (χ3n) is 6.23. The molecule has 180 valence electrons. The third-order valence-corrected chi connectivity index (χ3v) is 6.48. The Kier molecular flexibility index (Phi) is 7.51. The summed E-state index contributed by atoms with van der Waals surface area (Å²) in [5, 5.41) is 3.54. The van der Waals surface area contributed by atoms with Gasteiger partial charge >= 0.3 is 5.91 Å². The molecule has 1 aliphatic heterocycles. The highest BCUT2D eigenvalue weighted by Crippen LogP contribution is 2.27. The smallest absolute Gasteiger partial charge is 0.304 e. The van der Waals surface area contributed by atoms with Gasteiger partial charge in [0.25, 0.3) is 5.91 Å². The summed E-state index contributed by atoms with van der Waals surface area (Å²) in [5.74, 6) is -0.569. The second kappa shape index (κ2) is 10.7. The Morgan fingerprint density at radius 3 is 2.37 bits per heavy atom. The molecule has 35 heavy (non-hydrogen) atoms. The van der Waals surface area contributed by atoms with Crippen LogP contribution < -0.4 is 15.6 Å². The lowest BCUT2D eigenvalue weighted by atomic mass is 9.99. The minimum atomic E-state index is -0.782. The number of benzene rings is 3. The molecule has 2 atom stereocenters. The Balaban J connectivity index is 1.67. The molecular weight excluding hydrogens is 460 g/mol. The van der Waals surface area contributed by atoms with Crippen molar-refractivity contribution in [3.63, 3.8) is 0 Å². The zero-order chi connectivity index (χ0) is 24.9. The lowest BCUT2D eigenvalue weighted by molar-refractivity contribution is -0.596. The lowest BCUT2D eigenvalue weighted by Gasteiger charge is -2.20.